The highest BCUT2D eigenvalue weighted by Crippen LogP contribution is 2.29. The Morgan fingerprint density at radius 1 is 1.17 bits per heavy atom. The molecular formula is C17H15ClF3NO2. The van der Waals surface area contributed by atoms with E-state index in [0.717, 1.165) is 12.1 Å². The Morgan fingerprint density at radius 2 is 1.83 bits per heavy atom. The van der Waals surface area contributed by atoms with Crippen LogP contribution in [0.4, 0.5) is 13.2 Å². The summed E-state index contributed by atoms with van der Waals surface area (Å²) < 4.78 is 43.6. The molecule has 0 aliphatic carbocycles. The molecule has 0 bridgehead atoms. The van der Waals surface area contributed by atoms with Crippen LogP contribution in [0.3, 0.4) is 0 Å². The fourth-order valence-corrected chi connectivity index (χ4v) is 2.11. The van der Waals surface area contributed by atoms with E-state index >= 15 is 0 Å². The molecule has 0 N–H and O–H groups in total. The molecule has 2 aromatic rings. The van der Waals surface area contributed by atoms with Gasteiger partial charge in [-0.1, -0.05) is 17.7 Å². The van der Waals surface area contributed by atoms with Crippen molar-refractivity contribution in [2.45, 2.75) is 6.18 Å². The number of rotatable bonds is 5. The van der Waals surface area contributed by atoms with Crippen LogP contribution in [0, 0.1) is 0 Å². The van der Waals surface area contributed by atoms with Gasteiger partial charge in [0.15, 0.2) is 0 Å². The number of likely N-dealkylation sites (N-methyl/N-ethyl adjacent to an activating group) is 1. The van der Waals surface area contributed by atoms with Gasteiger partial charge in [-0.05, 0) is 42.5 Å². The van der Waals surface area contributed by atoms with Gasteiger partial charge in [-0.3, -0.25) is 4.79 Å². The molecule has 7 heteroatoms. The summed E-state index contributed by atoms with van der Waals surface area (Å²) in [5, 5.41) is 0.583. The summed E-state index contributed by atoms with van der Waals surface area (Å²) >= 11 is 5.76. The van der Waals surface area contributed by atoms with Crippen LogP contribution in [-0.2, 0) is 6.18 Å². The van der Waals surface area contributed by atoms with E-state index < -0.39 is 17.6 Å². The lowest BCUT2D eigenvalue weighted by molar-refractivity contribution is -0.137. The fraction of sp³-hybridized carbons (Fsp3) is 0.235. The van der Waals surface area contributed by atoms with Gasteiger partial charge in [0.25, 0.3) is 5.91 Å². The van der Waals surface area contributed by atoms with Gasteiger partial charge < -0.3 is 9.64 Å². The number of ether oxygens (including phenoxy) is 1. The average molecular weight is 358 g/mol. The minimum atomic E-state index is -4.48. The molecule has 3 nitrogen and oxygen atoms in total. The largest absolute Gasteiger partial charge is 0.492 e. The molecule has 0 aliphatic heterocycles. The van der Waals surface area contributed by atoms with Crippen LogP contribution in [-0.4, -0.2) is 31.0 Å². The molecule has 0 aliphatic rings. The highest BCUT2D eigenvalue weighted by Gasteiger charge is 2.31. The molecule has 2 rings (SSSR count). The Labute approximate surface area is 142 Å². The van der Waals surface area contributed by atoms with Gasteiger partial charge in [-0.2, -0.15) is 13.2 Å². The molecule has 0 heterocycles. The van der Waals surface area contributed by atoms with Crippen molar-refractivity contribution in [3.63, 3.8) is 0 Å². The summed E-state index contributed by atoms with van der Waals surface area (Å²) in [5.41, 5.74) is -0.863. The Balaban J connectivity index is 1.93. The van der Waals surface area contributed by atoms with Crippen molar-refractivity contribution in [2.24, 2.45) is 0 Å². The zero-order valence-corrected chi connectivity index (χ0v) is 13.6. The highest BCUT2D eigenvalue weighted by molar-refractivity contribution is 6.30. The molecule has 0 unspecified atom stereocenters. The number of nitrogens with zero attached hydrogens (tertiary/aromatic N) is 1. The molecule has 1 amide bonds. The Bertz CT molecular complexity index is 702. The third kappa shape index (κ3) is 4.89. The number of benzene rings is 2. The number of hydrogen-bond donors (Lipinski definition) is 0. The topological polar surface area (TPSA) is 29.5 Å². The lowest BCUT2D eigenvalue weighted by atomic mass is 10.1. The van der Waals surface area contributed by atoms with Crippen LogP contribution in [0.25, 0.3) is 0 Å². The van der Waals surface area contributed by atoms with Crippen molar-refractivity contribution in [3.05, 3.63) is 64.7 Å². The van der Waals surface area contributed by atoms with E-state index in [1.807, 2.05) is 0 Å². The van der Waals surface area contributed by atoms with Gasteiger partial charge in [-0.25, -0.2) is 0 Å². The number of amides is 1. The van der Waals surface area contributed by atoms with Crippen molar-refractivity contribution >= 4 is 17.5 Å². The average Bonchev–Trinajstić information content (AvgIpc) is 2.55. The van der Waals surface area contributed by atoms with Gasteiger partial charge in [0.1, 0.15) is 12.4 Å². The molecule has 24 heavy (non-hydrogen) atoms. The Hall–Kier alpha value is -2.21. The molecule has 0 aromatic heterocycles. The first-order chi connectivity index (χ1) is 11.3. The van der Waals surface area contributed by atoms with E-state index in [1.54, 1.807) is 24.3 Å². The maximum Gasteiger partial charge on any atom is 0.416 e. The molecule has 128 valence electrons. The van der Waals surface area contributed by atoms with E-state index in [-0.39, 0.29) is 18.7 Å². The standard InChI is InChI=1S/C17H15ClF3NO2/c1-22(9-10-24-15-7-5-14(18)6-8-15)16(23)12-3-2-4-13(11-12)17(19,20)21/h2-8,11H,9-10H2,1H3. The summed E-state index contributed by atoms with van der Waals surface area (Å²) in [7, 11) is 1.51. The maximum atomic E-state index is 12.7. The molecule has 0 radical (unpaired) electrons. The van der Waals surface area contributed by atoms with Crippen molar-refractivity contribution in [1.29, 1.82) is 0 Å². The SMILES string of the molecule is CN(CCOc1ccc(Cl)cc1)C(=O)c1cccc(C(F)(F)F)c1. The molecule has 2 aromatic carbocycles. The first kappa shape index (κ1) is 18.1. The van der Waals surface area contributed by atoms with Crippen molar-refractivity contribution < 1.29 is 22.7 Å². The molecule has 0 spiro atoms. The molecule has 0 saturated carbocycles. The predicted octanol–water partition coefficient (Wildman–Crippen LogP) is 4.51. The highest BCUT2D eigenvalue weighted by atomic mass is 35.5. The third-order valence-corrected chi connectivity index (χ3v) is 3.54. The third-order valence-electron chi connectivity index (χ3n) is 3.29. The minimum absolute atomic E-state index is 0.0150. The van der Waals surface area contributed by atoms with E-state index in [1.165, 1.54) is 24.1 Å². The molecular weight excluding hydrogens is 343 g/mol. The van der Waals surface area contributed by atoms with E-state index in [0.29, 0.717) is 10.8 Å². The van der Waals surface area contributed by atoms with Gasteiger partial charge >= 0.3 is 6.18 Å². The summed E-state index contributed by atoms with van der Waals surface area (Å²) in [6, 6.07) is 11.1. The maximum absolute atomic E-state index is 12.7. The van der Waals surface area contributed by atoms with Crippen LogP contribution in [0.2, 0.25) is 5.02 Å². The lowest BCUT2D eigenvalue weighted by Crippen LogP contribution is -2.31. The second kappa shape index (κ2) is 7.57. The quantitative estimate of drug-likeness (QED) is 0.788. The smallest absolute Gasteiger partial charge is 0.416 e. The zero-order valence-electron chi connectivity index (χ0n) is 12.8. The number of carbonyl (C=O) groups excluding carboxylic acids is 1. The van der Waals surface area contributed by atoms with E-state index in [4.69, 9.17) is 16.3 Å². The van der Waals surface area contributed by atoms with Crippen molar-refractivity contribution in [1.82, 2.24) is 4.90 Å². The molecule has 0 fully saturated rings. The second-order valence-electron chi connectivity index (χ2n) is 5.11. The van der Waals surface area contributed by atoms with Gasteiger partial charge in [-0.15, -0.1) is 0 Å². The summed E-state index contributed by atoms with van der Waals surface area (Å²) in [6.07, 6.45) is -4.48. The Kier molecular flexibility index (Phi) is 5.72. The van der Waals surface area contributed by atoms with E-state index in [9.17, 15) is 18.0 Å². The van der Waals surface area contributed by atoms with Crippen molar-refractivity contribution in [2.75, 3.05) is 20.2 Å². The summed E-state index contributed by atoms with van der Waals surface area (Å²) in [5.74, 6) is 0.0973. The van der Waals surface area contributed by atoms with E-state index in [2.05, 4.69) is 0 Å². The zero-order chi connectivity index (χ0) is 17.7. The predicted molar refractivity (Wildman–Crippen MR) is 85.4 cm³/mol. The fourth-order valence-electron chi connectivity index (χ4n) is 1.98. The van der Waals surface area contributed by atoms with Crippen LogP contribution in [0.5, 0.6) is 5.75 Å². The van der Waals surface area contributed by atoms with Crippen LogP contribution in [0.1, 0.15) is 15.9 Å². The minimum Gasteiger partial charge on any atom is -0.492 e. The number of hydrogen-bond acceptors (Lipinski definition) is 2. The first-order valence-corrected chi connectivity index (χ1v) is 7.46. The van der Waals surface area contributed by atoms with Crippen LogP contribution in [0.15, 0.2) is 48.5 Å². The lowest BCUT2D eigenvalue weighted by Gasteiger charge is -2.18. The Morgan fingerprint density at radius 3 is 2.46 bits per heavy atom. The van der Waals surface area contributed by atoms with Gasteiger partial charge in [0, 0.05) is 17.6 Å². The number of carbonyl (C=O) groups is 1. The normalized spacial score (nSPS) is 11.2. The van der Waals surface area contributed by atoms with Crippen molar-refractivity contribution in [3.8, 4) is 5.75 Å². The van der Waals surface area contributed by atoms with Crippen LogP contribution >= 0.6 is 11.6 Å². The first-order valence-electron chi connectivity index (χ1n) is 7.08. The number of halogens is 4. The summed E-state index contributed by atoms with van der Waals surface area (Å²) in [6.45, 7) is 0.445. The molecule has 0 saturated heterocycles. The number of alkyl halides is 3. The van der Waals surface area contributed by atoms with Gasteiger partial charge in [0.05, 0.1) is 12.1 Å². The second-order valence-corrected chi connectivity index (χ2v) is 5.54. The monoisotopic (exact) mass is 357 g/mol. The van der Waals surface area contributed by atoms with Crippen LogP contribution < -0.4 is 4.74 Å². The van der Waals surface area contributed by atoms with Gasteiger partial charge in [0.2, 0.25) is 0 Å². The molecule has 0 atom stereocenters. The summed E-state index contributed by atoms with van der Waals surface area (Å²) in [4.78, 5) is 13.5.